The van der Waals surface area contributed by atoms with Crippen LogP contribution < -0.4 is 5.73 Å². The van der Waals surface area contributed by atoms with E-state index in [1.165, 1.54) is 0 Å². The van der Waals surface area contributed by atoms with Gasteiger partial charge in [0.05, 0.1) is 0 Å². The molecule has 0 saturated carbocycles. The monoisotopic (exact) mass is 163 g/mol. The third kappa shape index (κ3) is 1.59. The van der Waals surface area contributed by atoms with Gasteiger partial charge in [0, 0.05) is 5.69 Å². The molecule has 0 aliphatic rings. The van der Waals surface area contributed by atoms with Crippen molar-refractivity contribution in [2.75, 3.05) is 5.73 Å². The molecule has 0 spiro atoms. The largest absolute Gasteiger partial charge is 0.507 e. The van der Waals surface area contributed by atoms with Crippen LogP contribution in [0.2, 0.25) is 0 Å². The van der Waals surface area contributed by atoms with Crippen molar-refractivity contribution in [3.63, 3.8) is 0 Å². The summed E-state index contributed by atoms with van der Waals surface area (Å²) in [5.74, 6) is 0.323. The van der Waals surface area contributed by atoms with Gasteiger partial charge in [-0.1, -0.05) is 6.08 Å². The molecule has 64 valence electrons. The van der Waals surface area contributed by atoms with Gasteiger partial charge < -0.3 is 10.8 Å². The lowest BCUT2D eigenvalue weighted by atomic mass is 10.1. The fourth-order valence-electron chi connectivity index (χ4n) is 1.19. The third-order valence-corrected chi connectivity index (χ3v) is 1.77. The molecule has 0 saturated heterocycles. The van der Waals surface area contributed by atoms with Crippen molar-refractivity contribution in [3.8, 4) is 5.75 Å². The van der Waals surface area contributed by atoms with Crippen LogP contribution in [-0.4, -0.2) is 5.11 Å². The van der Waals surface area contributed by atoms with Crippen LogP contribution in [0.5, 0.6) is 5.75 Å². The van der Waals surface area contributed by atoms with Crippen LogP contribution in [0.4, 0.5) is 5.69 Å². The minimum Gasteiger partial charge on any atom is -0.507 e. The molecule has 0 aliphatic heterocycles. The van der Waals surface area contributed by atoms with Crippen molar-refractivity contribution < 1.29 is 5.11 Å². The molecular formula is C10H13NO. The van der Waals surface area contributed by atoms with Gasteiger partial charge in [0.1, 0.15) is 5.75 Å². The van der Waals surface area contributed by atoms with Crippen LogP contribution in [0.15, 0.2) is 24.8 Å². The number of benzene rings is 1. The number of nitrogens with two attached hydrogens (primary N) is 1. The normalized spacial score (nSPS) is 9.75. The van der Waals surface area contributed by atoms with E-state index in [2.05, 4.69) is 6.58 Å². The molecule has 3 N–H and O–H groups in total. The topological polar surface area (TPSA) is 46.2 Å². The zero-order chi connectivity index (χ0) is 9.14. The van der Waals surface area contributed by atoms with Crippen LogP contribution in [0, 0.1) is 6.92 Å². The van der Waals surface area contributed by atoms with E-state index in [1.807, 2.05) is 6.92 Å². The summed E-state index contributed by atoms with van der Waals surface area (Å²) >= 11 is 0. The molecule has 0 unspecified atom stereocenters. The van der Waals surface area contributed by atoms with Crippen molar-refractivity contribution >= 4 is 5.69 Å². The van der Waals surface area contributed by atoms with E-state index in [9.17, 15) is 5.11 Å². The Bertz CT molecular complexity index is 305. The molecule has 2 heteroatoms. The van der Waals surface area contributed by atoms with Gasteiger partial charge in [0.15, 0.2) is 0 Å². The lowest BCUT2D eigenvalue weighted by Gasteiger charge is -2.06. The first-order chi connectivity index (χ1) is 5.65. The van der Waals surface area contributed by atoms with Crippen molar-refractivity contribution in [3.05, 3.63) is 35.9 Å². The second kappa shape index (κ2) is 3.30. The number of allylic oxidation sites excluding steroid dienone is 1. The highest BCUT2D eigenvalue weighted by molar-refractivity contribution is 5.52. The van der Waals surface area contributed by atoms with E-state index in [-0.39, 0.29) is 0 Å². The smallest absolute Gasteiger partial charge is 0.122 e. The second-order valence-corrected chi connectivity index (χ2v) is 2.84. The molecule has 0 amide bonds. The molecule has 0 bridgehead atoms. The molecule has 1 aromatic carbocycles. The predicted molar refractivity (Wildman–Crippen MR) is 51.2 cm³/mol. The van der Waals surface area contributed by atoms with Gasteiger partial charge >= 0.3 is 0 Å². The van der Waals surface area contributed by atoms with Crippen molar-refractivity contribution in [2.24, 2.45) is 0 Å². The average Bonchev–Trinajstić information content (AvgIpc) is 2.00. The molecule has 2 nitrogen and oxygen atoms in total. The number of nitrogen functional groups attached to an aromatic ring is 1. The van der Waals surface area contributed by atoms with E-state index in [0.29, 0.717) is 17.9 Å². The van der Waals surface area contributed by atoms with Gasteiger partial charge in [-0.25, -0.2) is 0 Å². The molecule has 12 heavy (non-hydrogen) atoms. The number of phenolic OH excluding ortho intramolecular Hbond substituents is 1. The summed E-state index contributed by atoms with van der Waals surface area (Å²) in [6, 6.07) is 3.52. The molecule has 0 heterocycles. The van der Waals surface area contributed by atoms with Crippen LogP contribution in [0.3, 0.4) is 0 Å². The summed E-state index contributed by atoms with van der Waals surface area (Å²) in [4.78, 5) is 0. The van der Waals surface area contributed by atoms with E-state index in [1.54, 1.807) is 18.2 Å². The third-order valence-electron chi connectivity index (χ3n) is 1.77. The summed E-state index contributed by atoms with van der Waals surface area (Å²) in [7, 11) is 0. The number of aryl methyl sites for hydroxylation is 1. The summed E-state index contributed by atoms with van der Waals surface area (Å²) in [6.07, 6.45) is 2.39. The Hall–Kier alpha value is -1.44. The van der Waals surface area contributed by atoms with Gasteiger partial charge in [-0.05, 0) is 36.6 Å². The van der Waals surface area contributed by atoms with Crippen LogP contribution in [0.1, 0.15) is 11.1 Å². The maximum absolute atomic E-state index is 9.55. The van der Waals surface area contributed by atoms with E-state index in [0.717, 1.165) is 11.1 Å². The highest BCUT2D eigenvalue weighted by Crippen LogP contribution is 2.25. The molecule has 0 aromatic heterocycles. The zero-order valence-corrected chi connectivity index (χ0v) is 7.17. The Morgan fingerprint density at radius 3 is 2.83 bits per heavy atom. The summed E-state index contributed by atoms with van der Waals surface area (Å²) in [5, 5.41) is 9.55. The maximum atomic E-state index is 9.55. The highest BCUT2D eigenvalue weighted by Gasteiger charge is 2.03. The van der Waals surface area contributed by atoms with Gasteiger partial charge in [0.25, 0.3) is 0 Å². The standard InChI is InChI=1S/C10H13NO/c1-3-4-8-6-9(11)5-7(2)10(8)12/h3,5-6,12H,1,4,11H2,2H3. The zero-order valence-electron chi connectivity index (χ0n) is 7.17. The SMILES string of the molecule is C=CCc1cc(N)cc(C)c1O. The van der Waals surface area contributed by atoms with Crippen molar-refractivity contribution in [1.82, 2.24) is 0 Å². The number of aromatic hydroxyl groups is 1. The first-order valence-corrected chi connectivity index (χ1v) is 3.84. The summed E-state index contributed by atoms with van der Waals surface area (Å²) < 4.78 is 0. The molecular weight excluding hydrogens is 150 g/mol. The quantitative estimate of drug-likeness (QED) is 0.398. The van der Waals surface area contributed by atoms with E-state index in [4.69, 9.17) is 5.73 Å². The first-order valence-electron chi connectivity index (χ1n) is 3.84. The predicted octanol–water partition coefficient (Wildman–Crippen LogP) is 2.01. The van der Waals surface area contributed by atoms with Crippen molar-refractivity contribution in [1.29, 1.82) is 0 Å². The van der Waals surface area contributed by atoms with Crippen LogP contribution in [-0.2, 0) is 6.42 Å². The second-order valence-electron chi connectivity index (χ2n) is 2.84. The first kappa shape index (κ1) is 8.65. The Morgan fingerprint density at radius 1 is 1.58 bits per heavy atom. The molecule has 0 aliphatic carbocycles. The molecule has 1 aromatic rings. The van der Waals surface area contributed by atoms with Crippen LogP contribution in [0.25, 0.3) is 0 Å². The molecule has 1 rings (SSSR count). The summed E-state index contributed by atoms with van der Waals surface area (Å²) in [5.41, 5.74) is 7.94. The van der Waals surface area contributed by atoms with Gasteiger partial charge in [0.2, 0.25) is 0 Å². The maximum Gasteiger partial charge on any atom is 0.122 e. The number of hydrogen-bond donors (Lipinski definition) is 2. The summed E-state index contributed by atoms with van der Waals surface area (Å²) in [6.45, 7) is 5.44. The Morgan fingerprint density at radius 2 is 2.25 bits per heavy atom. The Labute approximate surface area is 72.3 Å². The van der Waals surface area contributed by atoms with Gasteiger partial charge in [-0.3, -0.25) is 0 Å². The van der Waals surface area contributed by atoms with Gasteiger partial charge in [-0.15, -0.1) is 6.58 Å². The molecule has 0 radical (unpaired) electrons. The van der Waals surface area contributed by atoms with Crippen LogP contribution >= 0.6 is 0 Å². The molecule has 0 atom stereocenters. The minimum atomic E-state index is 0.323. The average molecular weight is 163 g/mol. The number of phenols is 1. The number of anilines is 1. The molecule has 0 fully saturated rings. The van der Waals surface area contributed by atoms with E-state index < -0.39 is 0 Å². The lowest BCUT2D eigenvalue weighted by molar-refractivity contribution is 0.465. The van der Waals surface area contributed by atoms with Crippen molar-refractivity contribution in [2.45, 2.75) is 13.3 Å². The fraction of sp³-hybridized carbons (Fsp3) is 0.200. The highest BCUT2D eigenvalue weighted by atomic mass is 16.3. The lowest BCUT2D eigenvalue weighted by Crippen LogP contribution is -1.91. The van der Waals surface area contributed by atoms with Gasteiger partial charge in [-0.2, -0.15) is 0 Å². The fourth-order valence-corrected chi connectivity index (χ4v) is 1.19. The number of hydrogen-bond acceptors (Lipinski definition) is 2. The van der Waals surface area contributed by atoms with E-state index >= 15 is 0 Å². The Balaban J connectivity index is 3.17. The Kier molecular flexibility index (Phi) is 2.38. The minimum absolute atomic E-state index is 0.323. The number of rotatable bonds is 2.